The normalized spacial score (nSPS) is 12.9. The first-order chi connectivity index (χ1) is 15.5. The highest BCUT2D eigenvalue weighted by Crippen LogP contribution is 2.42. The first-order valence-electron chi connectivity index (χ1n) is 10.7. The molecular weight excluding hydrogens is 408 g/mol. The summed E-state index contributed by atoms with van der Waals surface area (Å²) in [5.41, 5.74) is 7.45. The fourth-order valence-electron chi connectivity index (χ4n) is 4.49. The summed E-state index contributed by atoms with van der Waals surface area (Å²) in [6.45, 7) is 8.13. The van der Waals surface area contributed by atoms with Crippen LogP contribution in [-0.4, -0.2) is 28.4 Å². The van der Waals surface area contributed by atoms with Crippen molar-refractivity contribution in [3.05, 3.63) is 62.9 Å². The Labute approximate surface area is 185 Å². The van der Waals surface area contributed by atoms with Crippen molar-refractivity contribution in [3.8, 4) is 22.6 Å². The molecule has 0 radical (unpaired) electrons. The molecule has 8 heteroatoms. The van der Waals surface area contributed by atoms with Gasteiger partial charge in [0.25, 0.3) is 0 Å². The van der Waals surface area contributed by atoms with Crippen LogP contribution in [0.2, 0.25) is 0 Å². The van der Waals surface area contributed by atoms with E-state index in [0.29, 0.717) is 32.0 Å². The summed E-state index contributed by atoms with van der Waals surface area (Å²) in [4.78, 5) is 15.7. The van der Waals surface area contributed by atoms with Crippen LogP contribution in [-0.2, 0) is 19.6 Å². The largest absolute Gasteiger partial charge is 0.497 e. The van der Waals surface area contributed by atoms with Gasteiger partial charge in [0, 0.05) is 18.7 Å². The fraction of sp³-hybridized carbons (Fsp3) is 0.333. The number of rotatable bonds is 6. The van der Waals surface area contributed by atoms with Crippen LogP contribution in [0.3, 0.4) is 0 Å². The first kappa shape index (κ1) is 20.4. The van der Waals surface area contributed by atoms with Crippen molar-refractivity contribution in [2.75, 3.05) is 13.7 Å². The van der Waals surface area contributed by atoms with Gasteiger partial charge in [-0.15, -0.1) is 0 Å². The van der Waals surface area contributed by atoms with Gasteiger partial charge in [0.05, 0.1) is 30.4 Å². The summed E-state index contributed by atoms with van der Waals surface area (Å²) in [5.74, 6) is 2.28. The standard InChI is InChI=1S/C24H26N4O4/c1-13-9-18(30-4)6-5-16(13)11-25-12-17-10-19(20-14(2)27-32-15(20)3)23-22-21(17)26-24(29)28(22)7-8-31-23/h5-6,9-10,25H,7-8,11-12H2,1-4H3,(H,26,29). The predicted molar refractivity (Wildman–Crippen MR) is 121 cm³/mol. The van der Waals surface area contributed by atoms with Crippen LogP contribution < -0.4 is 20.5 Å². The Morgan fingerprint density at radius 3 is 2.72 bits per heavy atom. The van der Waals surface area contributed by atoms with E-state index >= 15 is 0 Å². The van der Waals surface area contributed by atoms with Crippen LogP contribution in [0.15, 0.2) is 33.6 Å². The SMILES string of the molecule is COc1ccc(CNCc2cc(-c3c(C)noc3C)c3c4c2[nH]c(=O)n4CCO3)c(C)c1. The molecule has 5 rings (SSSR count). The molecule has 1 aliphatic rings. The molecule has 0 atom stereocenters. The van der Waals surface area contributed by atoms with Crippen molar-refractivity contribution < 1.29 is 14.0 Å². The minimum Gasteiger partial charge on any atom is -0.497 e. The van der Waals surface area contributed by atoms with Gasteiger partial charge in [0.15, 0.2) is 5.75 Å². The summed E-state index contributed by atoms with van der Waals surface area (Å²) in [5, 5.41) is 7.64. The molecule has 0 unspecified atom stereocenters. The predicted octanol–water partition coefficient (Wildman–Crippen LogP) is 3.60. The van der Waals surface area contributed by atoms with Crippen molar-refractivity contribution in [3.63, 3.8) is 0 Å². The molecule has 0 spiro atoms. The molecule has 32 heavy (non-hydrogen) atoms. The maximum atomic E-state index is 12.6. The molecule has 0 saturated carbocycles. The maximum Gasteiger partial charge on any atom is 0.326 e. The van der Waals surface area contributed by atoms with Crippen LogP contribution in [0.1, 0.15) is 28.1 Å². The minimum absolute atomic E-state index is 0.118. The van der Waals surface area contributed by atoms with Gasteiger partial charge in [-0.25, -0.2) is 4.79 Å². The average molecular weight is 434 g/mol. The number of imidazole rings is 1. The van der Waals surface area contributed by atoms with E-state index in [4.69, 9.17) is 14.0 Å². The Morgan fingerprint density at radius 1 is 1.19 bits per heavy atom. The highest BCUT2D eigenvalue weighted by atomic mass is 16.5. The monoisotopic (exact) mass is 434 g/mol. The molecule has 2 aromatic heterocycles. The van der Waals surface area contributed by atoms with Crippen molar-refractivity contribution in [2.45, 2.75) is 40.4 Å². The van der Waals surface area contributed by atoms with Crippen LogP contribution in [0, 0.1) is 20.8 Å². The lowest BCUT2D eigenvalue weighted by Gasteiger charge is -2.20. The van der Waals surface area contributed by atoms with E-state index in [1.54, 1.807) is 11.7 Å². The summed E-state index contributed by atoms with van der Waals surface area (Å²) in [6, 6.07) is 8.14. The molecule has 4 aromatic rings. The Hall–Kier alpha value is -3.52. The number of aryl methyl sites for hydroxylation is 3. The Balaban J connectivity index is 1.55. The summed E-state index contributed by atoms with van der Waals surface area (Å²) in [7, 11) is 1.67. The van der Waals surface area contributed by atoms with Crippen molar-refractivity contribution in [1.29, 1.82) is 0 Å². The molecule has 1 aliphatic heterocycles. The Morgan fingerprint density at radius 2 is 2.00 bits per heavy atom. The quantitative estimate of drug-likeness (QED) is 0.482. The molecule has 0 amide bonds. The lowest BCUT2D eigenvalue weighted by molar-refractivity contribution is 0.286. The molecular formula is C24H26N4O4. The molecule has 166 valence electrons. The zero-order valence-electron chi connectivity index (χ0n) is 18.7. The van der Waals surface area contributed by atoms with Crippen molar-refractivity contribution in [1.82, 2.24) is 20.0 Å². The highest BCUT2D eigenvalue weighted by molar-refractivity contribution is 5.94. The fourth-order valence-corrected chi connectivity index (χ4v) is 4.49. The van der Waals surface area contributed by atoms with Crippen molar-refractivity contribution in [2.24, 2.45) is 0 Å². The smallest absolute Gasteiger partial charge is 0.326 e. The zero-order valence-corrected chi connectivity index (χ0v) is 18.7. The number of aromatic amines is 1. The molecule has 0 aliphatic carbocycles. The molecule has 3 heterocycles. The van der Waals surface area contributed by atoms with E-state index in [0.717, 1.165) is 50.5 Å². The van der Waals surface area contributed by atoms with Gasteiger partial charge in [-0.3, -0.25) is 4.57 Å². The number of aromatic nitrogens is 3. The number of hydrogen-bond donors (Lipinski definition) is 2. The number of benzene rings is 2. The highest BCUT2D eigenvalue weighted by Gasteiger charge is 2.26. The third-order valence-electron chi connectivity index (χ3n) is 6.13. The van der Waals surface area contributed by atoms with Gasteiger partial charge in [0.2, 0.25) is 0 Å². The van der Waals surface area contributed by atoms with Gasteiger partial charge < -0.3 is 24.3 Å². The van der Waals surface area contributed by atoms with Gasteiger partial charge in [0.1, 0.15) is 23.6 Å². The number of hydrogen-bond acceptors (Lipinski definition) is 6. The van der Waals surface area contributed by atoms with Gasteiger partial charge in [-0.05, 0) is 55.7 Å². The zero-order chi connectivity index (χ0) is 22.4. The molecule has 8 nitrogen and oxygen atoms in total. The van der Waals surface area contributed by atoms with E-state index in [9.17, 15) is 4.79 Å². The second-order valence-electron chi connectivity index (χ2n) is 8.16. The number of nitrogens with one attached hydrogen (secondary N) is 2. The van der Waals surface area contributed by atoms with Crippen LogP contribution in [0.25, 0.3) is 22.2 Å². The van der Waals surface area contributed by atoms with Gasteiger partial charge in [-0.2, -0.15) is 0 Å². The first-order valence-corrected chi connectivity index (χ1v) is 10.7. The third kappa shape index (κ3) is 3.27. The van der Waals surface area contributed by atoms with Gasteiger partial charge in [-0.1, -0.05) is 11.2 Å². The molecule has 2 aromatic carbocycles. The maximum absolute atomic E-state index is 12.6. The number of ether oxygens (including phenoxy) is 2. The minimum atomic E-state index is -0.118. The summed E-state index contributed by atoms with van der Waals surface area (Å²) >= 11 is 0. The van der Waals surface area contributed by atoms with Crippen molar-refractivity contribution >= 4 is 11.0 Å². The number of nitrogens with zero attached hydrogens (tertiary/aromatic N) is 2. The number of methoxy groups -OCH3 is 1. The Bertz CT molecular complexity index is 1360. The van der Waals surface area contributed by atoms with E-state index in [-0.39, 0.29) is 5.69 Å². The lowest BCUT2D eigenvalue weighted by Crippen LogP contribution is -2.24. The van der Waals surface area contributed by atoms with E-state index in [1.165, 1.54) is 5.56 Å². The van der Waals surface area contributed by atoms with Crippen LogP contribution in [0.4, 0.5) is 0 Å². The molecule has 2 N–H and O–H groups in total. The topological polar surface area (TPSA) is 94.3 Å². The van der Waals surface area contributed by atoms with Gasteiger partial charge >= 0.3 is 5.69 Å². The number of H-pyrrole nitrogens is 1. The van der Waals surface area contributed by atoms with Crippen LogP contribution >= 0.6 is 0 Å². The summed E-state index contributed by atoms with van der Waals surface area (Å²) < 4.78 is 18.5. The third-order valence-corrected chi connectivity index (χ3v) is 6.13. The molecule has 0 fully saturated rings. The average Bonchev–Trinajstić information content (AvgIpc) is 3.31. The lowest BCUT2D eigenvalue weighted by atomic mass is 9.98. The van der Waals surface area contributed by atoms with E-state index in [2.05, 4.69) is 34.5 Å². The van der Waals surface area contributed by atoms with Crippen LogP contribution in [0.5, 0.6) is 11.5 Å². The summed E-state index contributed by atoms with van der Waals surface area (Å²) in [6.07, 6.45) is 0. The van der Waals surface area contributed by atoms with E-state index < -0.39 is 0 Å². The second-order valence-corrected chi connectivity index (χ2v) is 8.16. The van der Waals surface area contributed by atoms with E-state index in [1.807, 2.05) is 26.0 Å². The molecule has 0 saturated heterocycles. The second kappa shape index (κ2) is 7.87. The molecule has 0 bridgehead atoms. The Kier molecular flexibility index (Phi) is 5.01.